The maximum Gasteiger partial charge on any atom is 0.176 e. The van der Waals surface area contributed by atoms with E-state index in [4.69, 9.17) is 9.15 Å². The van der Waals surface area contributed by atoms with Gasteiger partial charge in [0.25, 0.3) is 0 Å². The molecule has 0 bridgehead atoms. The van der Waals surface area contributed by atoms with Gasteiger partial charge in [-0.05, 0) is 45.0 Å². The Balaban J connectivity index is 2.70. The number of hydrogen-bond donors (Lipinski definition) is 1. The van der Waals surface area contributed by atoms with Crippen LogP contribution in [0.1, 0.15) is 36.8 Å². The van der Waals surface area contributed by atoms with Crippen molar-refractivity contribution in [1.29, 1.82) is 0 Å². The average molecular weight is 247 g/mol. The van der Waals surface area contributed by atoms with Crippen molar-refractivity contribution in [1.82, 2.24) is 5.32 Å². The second kappa shape index (κ2) is 5.02. The molecule has 0 saturated carbocycles. The number of aryl methyl sites for hydroxylation is 2. The van der Waals surface area contributed by atoms with Crippen LogP contribution < -0.4 is 10.1 Å². The first-order chi connectivity index (χ1) is 8.62. The van der Waals surface area contributed by atoms with E-state index in [0.717, 1.165) is 28.9 Å². The Hall–Kier alpha value is -1.48. The summed E-state index contributed by atoms with van der Waals surface area (Å²) in [5.41, 5.74) is 3.32. The van der Waals surface area contributed by atoms with Gasteiger partial charge in [0.15, 0.2) is 11.3 Å². The van der Waals surface area contributed by atoms with Crippen molar-refractivity contribution in [3.63, 3.8) is 0 Å². The highest BCUT2D eigenvalue weighted by molar-refractivity contribution is 5.88. The molecule has 2 aromatic rings. The Morgan fingerprint density at radius 3 is 2.67 bits per heavy atom. The SMILES string of the molecule is CCc1cc(OC)c2oc(C(C)NC)c(C)c2c1. The molecule has 1 atom stereocenters. The molecule has 0 amide bonds. The Kier molecular flexibility index (Phi) is 3.62. The molecular weight excluding hydrogens is 226 g/mol. The summed E-state index contributed by atoms with van der Waals surface area (Å²) in [5.74, 6) is 1.81. The smallest absolute Gasteiger partial charge is 0.176 e. The van der Waals surface area contributed by atoms with Crippen LogP contribution in [0.25, 0.3) is 11.0 Å². The predicted molar refractivity (Wildman–Crippen MR) is 74.4 cm³/mol. The van der Waals surface area contributed by atoms with Crippen LogP contribution in [0.2, 0.25) is 0 Å². The fourth-order valence-electron chi connectivity index (χ4n) is 2.26. The van der Waals surface area contributed by atoms with Crippen molar-refractivity contribution in [2.24, 2.45) is 0 Å². The summed E-state index contributed by atoms with van der Waals surface area (Å²) in [6.45, 7) is 6.35. The van der Waals surface area contributed by atoms with Gasteiger partial charge in [-0.1, -0.05) is 6.92 Å². The van der Waals surface area contributed by atoms with Gasteiger partial charge < -0.3 is 14.5 Å². The zero-order valence-electron chi connectivity index (χ0n) is 11.8. The van der Waals surface area contributed by atoms with E-state index in [1.807, 2.05) is 7.05 Å². The molecule has 0 aliphatic heterocycles. The maximum atomic E-state index is 5.99. The quantitative estimate of drug-likeness (QED) is 0.896. The topological polar surface area (TPSA) is 34.4 Å². The minimum atomic E-state index is 0.201. The third-order valence-corrected chi connectivity index (χ3v) is 3.55. The first kappa shape index (κ1) is 13.0. The molecule has 0 spiro atoms. The van der Waals surface area contributed by atoms with Crippen LogP contribution in [0.5, 0.6) is 5.75 Å². The van der Waals surface area contributed by atoms with E-state index in [1.165, 1.54) is 11.1 Å². The van der Waals surface area contributed by atoms with Crippen LogP contribution >= 0.6 is 0 Å². The largest absolute Gasteiger partial charge is 0.493 e. The molecule has 3 nitrogen and oxygen atoms in total. The highest BCUT2D eigenvalue weighted by Crippen LogP contribution is 2.36. The van der Waals surface area contributed by atoms with E-state index in [-0.39, 0.29) is 6.04 Å². The number of hydrogen-bond acceptors (Lipinski definition) is 3. The Bertz CT molecular complexity index is 557. The van der Waals surface area contributed by atoms with Gasteiger partial charge in [0.05, 0.1) is 13.2 Å². The van der Waals surface area contributed by atoms with Crippen LogP contribution in [0.15, 0.2) is 16.5 Å². The minimum Gasteiger partial charge on any atom is -0.493 e. The number of benzene rings is 1. The standard InChI is InChI=1S/C15H21NO2/c1-6-11-7-12-9(2)14(10(3)16-4)18-15(12)13(8-11)17-5/h7-8,10,16H,6H2,1-5H3. The van der Waals surface area contributed by atoms with Gasteiger partial charge in [-0.25, -0.2) is 0 Å². The second-order valence-electron chi connectivity index (χ2n) is 4.63. The van der Waals surface area contributed by atoms with Crippen molar-refractivity contribution in [2.75, 3.05) is 14.2 Å². The molecule has 0 aliphatic carbocycles. The van der Waals surface area contributed by atoms with E-state index >= 15 is 0 Å². The zero-order valence-corrected chi connectivity index (χ0v) is 11.8. The molecule has 0 aliphatic rings. The highest BCUT2D eigenvalue weighted by Gasteiger charge is 2.18. The van der Waals surface area contributed by atoms with E-state index < -0.39 is 0 Å². The lowest BCUT2D eigenvalue weighted by atomic mass is 10.0. The van der Waals surface area contributed by atoms with Gasteiger partial charge in [-0.2, -0.15) is 0 Å². The van der Waals surface area contributed by atoms with Crippen molar-refractivity contribution in [2.45, 2.75) is 33.2 Å². The molecule has 0 saturated heterocycles. The van der Waals surface area contributed by atoms with Gasteiger partial charge in [0.2, 0.25) is 0 Å². The third kappa shape index (κ3) is 1.99. The monoisotopic (exact) mass is 247 g/mol. The number of nitrogens with one attached hydrogen (secondary N) is 1. The first-order valence-electron chi connectivity index (χ1n) is 6.39. The van der Waals surface area contributed by atoms with Crippen molar-refractivity contribution >= 4 is 11.0 Å². The summed E-state index contributed by atoms with van der Waals surface area (Å²) in [4.78, 5) is 0. The van der Waals surface area contributed by atoms with Crippen molar-refractivity contribution < 1.29 is 9.15 Å². The molecule has 1 aromatic heterocycles. The van der Waals surface area contributed by atoms with Crippen LogP contribution in [0.3, 0.4) is 0 Å². The lowest BCUT2D eigenvalue weighted by Crippen LogP contribution is -2.12. The summed E-state index contributed by atoms with van der Waals surface area (Å²) in [6.07, 6.45) is 0.994. The minimum absolute atomic E-state index is 0.201. The van der Waals surface area contributed by atoms with Crippen LogP contribution in [0, 0.1) is 6.92 Å². The second-order valence-corrected chi connectivity index (χ2v) is 4.63. The van der Waals surface area contributed by atoms with Gasteiger partial charge in [-0.15, -0.1) is 0 Å². The Labute approximate surface area is 108 Å². The fraction of sp³-hybridized carbons (Fsp3) is 0.467. The van der Waals surface area contributed by atoms with E-state index in [9.17, 15) is 0 Å². The maximum absolute atomic E-state index is 5.99. The van der Waals surface area contributed by atoms with Crippen molar-refractivity contribution in [3.8, 4) is 5.75 Å². The lowest BCUT2D eigenvalue weighted by molar-refractivity contribution is 0.401. The van der Waals surface area contributed by atoms with Crippen LogP contribution in [0.4, 0.5) is 0 Å². The van der Waals surface area contributed by atoms with E-state index in [0.29, 0.717) is 0 Å². The number of methoxy groups -OCH3 is 1. The summed E-state index contributed by atoms with van der Waals surface area (Å²) >= 11 is 0. The van der Waals surface area contributed by atoms with E-state index in [2.05, 4.69) is 38.2 Å². The Morgan fingerprint density at radius 1 is 1.39 bits per heavy atom. The Morgan fingerprint density at radius 2 is 2.11 bits per heavy atom. The summed E-state index contributed by atoms with van der Waals surface area (Å²) < 4.78 is 11.4. The number of furan rings is 1. The van der Waals surface area contributed by atoms with Gasteiger partial charge in [-0.3, -0.25) is 0 Å². The molecule has 1 unspecified atom stereocenters. The van der Waals surface area contributed by atoms with Gasteiger partial charge in [0.1, 0.15) is 5.76 Å². The van der Waals surface area contributed by atoms with Crippen molar-refractivity contribution in [3.05, 3.63) is 29.0 Å². The average Bonchev–Trinajstić information content (AvgIpc) is 2.74. The normalized spacial score (nSPS) is 12.9. The fourth-order valence-corrected chi connectivity index (χ4v) is 2.26. The number of ether oxygens (including phenoxy) is 1. The summed E-state index contributed by atoms with van der Waals surface area (Å²) in [6, 6.07) is 4.45. The highest BCUT2D eigenvalue weighted by atomic mass is 16.5. The molecule has 0 fully saturated rings. The molecule has 98 valence electrons. The van der Waals surface area contributed by atoms with Gasteiger partial charge >= 0.3 is 0 Å². The third-order valence-electron chi connectivity index (χ3n) is 3.55. The molecular formula is C15H21NO2. The predicted octanol–water partition coefficient (Wildman–Crippen LogP) is 3.59. The molecule has 1 aromatic carbocycles. The van der Waals surface area contributed by atoms with Crippen LogP contribution in [-0.4, -0.2) is 14.2 Å². The van der Waals surface area contributed by atoms with E-state index in [1.54, 1.807) is 7.11 Å². The molecule has 1 heterocycles. The molecule has 0 radical (unpaired) electrons. The summed E-state index contributed by atoms with van der Waals surface area (Å²) in [5, 5.41) is 4.37. The van der Waals surface area contributed by atoms with Crippen LogP contribution in [-0.2, 0) is 6.42 Å². The zero-order chi connectivity index (χ0) is 13.3. The summed E-state index contributed by atoms with van der Waals surface area (Å²) in [7, 11) is 3.62. The molecule has 3 heteroatoms. The number of rotatable bonds is 4. The first-order valence-corrected chi connectivity index (χ1v) is 6.39. The molecule has 2 rings (SSSR count). The van der Waals surface area contributed by atoms with Gasteiger partial charge in [0, 0.05) is 10.9 Å². The lowest BCUT2D eigenvalue weighted by Gasteiger charge is -2.06. The molecule has 1 N–H and O–H groups in total. The molecule has 18 heavy (non-hydrogen) atoms. The number of fused-ring (bicyclic) bond motifs is 1.